The van der Waals surface area contributed by atoms with Gasteiger partial charge in [0.25, 0.3) is 5.91 Å². The van der Waals surface area contributed by atoms with Gasteiger partial charge in [-0.3, -0.25) is 9.69 Å². The molecule has 0 bridgehead atoms. The lowest BCUT2D eigenvalue weighted by molar-refractivity contribution is -0.144. The fraction of sp³-hybridized carbons (Fsp3) is 0.150. The van der Waals surface area contributed by atoms with Gasteiger partial charge in [0, 0.05) is 0 Å². The van der Waals surface area contributed by atoms with Crippen molar-refractivity contribution >= 4 is 46.3 Å². The van der Waals surface area contributed by atoms with Crippen LogP contribution in [-0.4, -0.2) is 32.2 Å². The summed E-state index contributed by atoms with van der Waals surface area (Å²) in [7, 11) is 0. The monoisotopic (exact) mass is 399 g/mol. The molecule has 1 fully saturated rings. The number of rotatable bonds is 6. The number of ether oxygens (including phenoxy) is 1. The molecule has 1 saturated heterocycles. The van der Waals surface area contributed by atoms with Crippen molar-refractivity contribution in [2.45, 2.75) is 19.6 Å². The molecule has 1 N–H and O–H groups in total. The zero-order chi connectivity index (χ0) is 19.4. The summed E-state index contributed by atoms with van der Waals surface area (Å²) in [6, 6.07) is 16.2. The second kappa shape index (κ2) is 8.37. The van der Waals surface area contributed by atoms with Crippen molar-refractivity contribution < 1.29 is 19.4 Å². The lowest BCUT2D eigenvalue weighted by atomic mass is 10.2. The number of hydrogen-bond acceptors (Lipinski definition) is 5. The molecular formula is C20H17NO4S2. The number of thiocarbonyl (C=S) groups is 1. The summed E-state index contributed by atoms with van der Waals surface area (Å²) in [5, 5.41) is 9.12. The molecule has 7 heteroatoms. The summed E-state index contributed by atoms with van der Waals surface area (Å²) >= 11 is 6.26. The van der Waals surface area contributed by atoms with Gasteiger partial charge in [0.1, 0.15) is 22.7 Å². The van der Waals surface area contributed by atoms with Crippen LogP contribution in [0.3, 0.4) is 0 Å². The van der Waals surface area contributed by atoms with Crippen molar-refractivity contribution in [2.24, 2.45) is 0 Å². The molecule has 1 amide bonds. The van der Waals surface area contributed by atoms with Gasteiger partial charge in [-0.15, -0.1) is 0 Å². The van der Waals surface area contributed by atoms with Gasteiger partial charge >= 0.3 is 5.97 Å². The number of benzene rings is 2. The molecule has 0 unspecified atom stereocenters. The number of thioether (sulfide) groups is 1. The van der Waals surface area contributed by atoms with Crippen LogP contribution in [0.25, 0.3) is 6.08 Å². The number of hydrogen-bond donors (Lipinski definition) is 1. The van der Waals surface area contributed by atoms with Crippen LogP contribution < -0.4 is 4.74 Å². The second-order valence-electron chi connectivity index (χ2n) is 5.91. The predicted octanol–water partition coefficient (Wildman–Crippen LogP) is 3.94. The molecule has 1 atom stereocenters. The van der Waals surface area contributed by atoms with E-state index in [1.807, 2.05) is 54.6 Å². The van der Waals surface area contributed by atoms with Gasteiger partial charge in [-0.05, 0) is 36.3 Å². The number of carboxylic acid groups (broad SMARTS) is 1. The van der Waals surface area contributed by atoms with Crippen molar-refractivity contribution in [1.29, 1.82) is 0 Å². The second-order valence-corrected chi connectivity index (χ2v) is 7.58. The Kier molecular flexibility index (Phi) is 5.93. The van der Waals surface area contributed by atoms with Gasteiger partial charge in [-0.1, -0.05) is 66.4 Å². The third-order valence-electron chi connectivity index (χ3n) is 3.99. The number of carboxylic acids is 1. The van der Waals surface area contributed by atoms with Crippen LogP contribution in [0.1, 0.15) is 18.1 Å². The Hall–Kier alpha value is -2.64. The van der Waals surface area contributed by atoms with Gasteiger partial charge in [0.15, 0.2) is 0 Å². The Labute approximate surface area is 166 Å². The maximum absolute atomic E-state index is 12.5. The highest BCUT2D eigenvalue weighted by molar-refractivity contribution is 8.26. The Morgan fingerprint density at radius 3 is 2.52 bits per heavy atom. The topological polar surface area (TPSA) is 66.8 Å². The Morgan fingerprint density at radius 1 is 1.22 bits per heavy atom. The molecule has 138 valence electrons. The summed E-state index contributed by atoms with van der Waals surface area (Å²) in [5.74, 6) is -0.750. The van der Waals surface area contributed by atoms with Crippen LogP contribution in [-0.2, 0) is 16.2 Å². The molecule has 2 aromatic rings. The molecule has 1 heterocycles. The first-order valence-corrected chi connectivity index (χ1v) is 9.45. The summed E-state index contributed by atoms with van der Waals surface area (Å²) in [4.78, 5) is 25.1. The number of amides is 1. The van der Waals surface area contributed by atoms with Gasteiger partial charge in [-0.25, -0.2) is 4.79 Å². The Bertz CT molecular complexity index is 894. The van der Waals surface area contributed by atoms with E-state index in [0.717, 1.165) is 33.5 Å². The SMILES string of the molecule is C[C@H](C(=O)O)N1C(=O)/C(=C/c2ccc(OCc3ccccc3)cc2)SC1=S. The first-order chi connectivity index (χ1) is 13.0. The molecule has 2 aromatic carbocycles. The van der Waals surface area contributed by atoms with Gasteiger partial charge in [-0.2, -0.15) is 0 Å². The van der Waals surface area contributed by atoms with E-state index < -0.39 is 12.0 Å². The molecule has 0 radical (unpaired) electrons. The highest BCUT2D eigenvalue weighted by atomic mass is 32.2. The molecule has 27 heavy (non-hydrogen) atoms. The average molecular weight is 399 g/mol. The molecule has 1 aliphatic heterocycles. The van der Waals surface area contributed by atoms with Gasteiger partial charge in [0.2, 0.25) is 0 Å². The fourth-order valence-corrected chi connectivity index (χ4v) is 3.90. The van der Waals surface area contributed by atoms with Crippen molar-refractivity contribution in [3.8, 4) is 5.75 Å². The van der Waals surface area contributed by atoms with Crippen LogP contribution in [0.2, 0.25) is 0 Å². The van der Waals surface area contributed by atoms with Crippen LogP contribution in [0.5, 0.6) is 5.75 Å². The third-order valence-corrected chi connectivity index (χ3v) is 5.32. The molecule has 3 rings (SSSR count). The Balaban J connectivity index is 1.68. The predicted molar refractivity (Wildman–Crippen MR) is 109 cm³/mol. The summed E-state index contributed by atoms with van der Waals surface area (Å²) < 4.78 is 6.00. The zero-order valence-corrected chi connectivity index (χ0v) is 16.1. The largest absolute Gasteiger partial charge is 0.489 e. The standard InChI is InChI=1S/C20H17NO4S2/c1-13(19(23)24)21-18(22)17(27-20(21)26)11-14-7-9-16(10-8-14)25-12-15-5-3-2-4-6-15/h2-11,13H,12H2,1H3,(H,23,24)/b17-11-/t13-/m1/s1. The van der Waals surface area contributed by atoms with Crippen LogP contribution in [0.4, 0.5) is 0 Å². The summed E-state index contributed by atoms with van der Waals surface area (Å²) in [6.45, 7) is 1.92. The third kappa shape index (κ3) is 4.56. The minimum absolute atomic E-state index is 0.254. The molecule has 0 saturated carbocycles. The average Bonchev–Trinajstić information content (AvgIpc) is 2.94. The number of aliphatic carboxylic acids is 1. The van der Waals surface area contributed by atoms with Crippen molar-refractivity contribution in [2.75, 3.05) is 0 Å². The van der Waals surface area contributed by atoms with Crippen molar-refractivity contribution in [3.63, 3.8) is 0 Å². The van der Waals surface area contributed by atoms with E-state index in [0.29, 0.717) is 11.5 Å². The van der Waals surface area contributed by atoms with Gasteiger partial charge in [0.05, 0.1) is 4.91 Å². The van der Waals surface area contributed by atoms with Crippen LogP contribution in [0.15, 0.2) is 59.5 Å². The van der Waals surface area contributed by atoms with E-state index in [2.05, 4.69) is 0 Å². The maximum Gasteiger partial charge on any atom is 0.326 e. The van der Waals surface area contributed by atoms with Gasteiger partial charge < -0.3 is 9.84 Å². The Morgan fingerprint density at radius 2 is 1.89 bits per heavy atom. The molecular weight excluding hydrogens is 382 g/mol. The zero-order valence-electron chi connectivity index (χ0n) is 14.5. The minimum atomic E-state index is -1.09. The molecule has 0 aliphatic carbocycles. The van der Waals surface area contributed by atoms with Crippen molar-refractivity contribution in [3.05, 3.63) is 70.6 Å². The summed E-state index contributed by atoms with van der Waals surface area (Å²) in [6.07, 6.45) is 1.70. The smallest absolute Gasteiger partial charge is 0.326 e. The van der Waals surface area contributed by atoms with Crippen molar-refractivity contribution in [1.82, 2.24) is 4.90 Å². The highest BCUT2D eigenvalue weighted by Crippen LogP contribution is 2.34. The first-order valence-electron chi connectivity index (χ1n) is 8.22. The molecule has 5 nitrogen and oxygen atoms in total. The lowest BCUT2D eigenvalue weighted by Gasteiger charge is -2.18. The van der Waals surface area contributed by atoms with E-state index in [-0.39, 0.29) is 10.2 Å². The van der Waals surface area contributed by atoms with Crippen LogP contribution >= 0.6 is 24.0 Å². The molecule has 0 aromatic heterocycles. The lowest BCUT2D eigenvalue weighted by Crippen LogP contribution is -2.41. The van der Waals surface area contributed by atoms with E-state index in [1.54, 1.807) is 6.08 Å². The maximum atomic E-state index is 12.5. The summed E-state index contributed by atoms with van der Waals surface area (Å²) in [5.41, 5.74) is 1.89. The first kappa shape index (κ1) is 19.1. The van der Waals surface area contributed by atoms with Crippen LogP contribution in [0, 0.1) is 0 Å². The molecule has 0 spiro atoms. The number of nitrogens with zero attached hydrogens (tertiary/aromatic N) is 1. The fourth-order valence-electron chi connectivity index (χ4n) is 2.48. The molecule has 1 aliphatic rings. The normalized spacial score (nSPS) is 16.6. The highest BCUT2D eigenvalue weighted by Gasteiger charge is 2.38. The van der Waals surface area contributed by atoms with E-state index in [9.17, 15) is 9.59 Å². The number of carbonyl (C=O) groups excluding carboxylic acids is 1. The van der Waals surface area contributed by atoms with E-state index >= 15 is 0 Å². The number of carbonyl (C=O) groups is 2. The quantitative estimate of drug-likeness (QED) is 0.586. The van der Waals surface area contributed by atoms with E-state index in [4.69, 9.17) is 22.1 Å². The van der Waals surface area contributed by atoms with E-state index in [1.165, 1.54) is 6.92 Å². The minimum Gasteiger partial charge on any atom is -0.489 e.